The Morgan fingerprint density at radius 3 is 2.79 bits per heavy atom. The zero-order valence-corrected chi connectivity index (χ0v) is 9.77. The summed E-state index contributed by atoms with van der Waals surface area (Å²) in [7, 11) is 0. The van der Waals surface area contributed by atoms with Gasteiger partial charge in [0.05, 0.1) is 0 Å². The highest BCUT2D eigenvalue weighted by Gasteiger charge is 2.11. The second-order valence-corrected chi connectivity index (χ2v) is 4.37. The van der Waals surface area contributed by atoms with Crippen molar-refractivity contribution in [1.29, 1.82) is 0 Å². The maximum atomic E-state index is 11.2. The Labute approximate surface area is 90.2 Å². The van der Waals surface area contributed by atoms with Crippen molar-refractivity contribution in [3.8, 4) is 0 Å². The highest BCUT2D eigenvalue weighted by atomic mass is 32.1. The third kappa shape index (κ3) is 3.26. The highest BCUT2D eigenvalue weighted by Crippen LogP contribution is 2.26. The lowest BCUT2D eigenvalue weighted by Gasteiger charge is -2.12. The Morgan fingerprint density at radius 2 is 2.29 bits per heavy atom. The maximum Gasteiger partial charge on any atom is 0.132 e. The predicted molar refractivity (Wildman–Crippen MR) is 61.9 cm³/mol. The molecular formula is C12H18OS. The van der Waals surface area contributed by atoms with Crippen LogP contribution in [0.5, 0.6) is 0 Å². The summed E-state index contributed by atoms with van der Waals surface area (Å²) in [6.07, 6.45) is 3.57. The second-order valence-electron chi connectivity index (χ2n) is 3.59. The normalized spacial score (nSPS) is 12.7. The van der Waals surface area contributed by atoms with Crippen molar-refractivity contribution in [3.05, 3.63) is 22.4 Å². The fourth-order valence-corrected chi connectivity index (χ4v) is 2.37. The van der Waals surface area contributed by atoms with Crippen LogP contribution in [0, 0.1) is 0 Å². The number of hydrogen-bond acceptors (Lipinski definition) is 2. The Hall–Kier alpha value is -0.630. The molecule has 1 nitrogen and oxygen atoms in total. The van der Waals surface area contributed by atoms with Gasteiger partial charge in [0.2, 0.25) is 0 Å². The van der Waals surface area contributed by atoms with Gasteiger partial charge in [-0.2, -0.15) is 11.3 Å². The lowest BCUT2D eigenvalue weighted by atomic mass is 9.93. The minimum Gasteiger partial charge on any atom is -0.300 e. The molecule has 1 heterocycles. The van der Waals surface area contributed by atoms with Crippen LogP contribution in [0.25, 0.3) is 0 Å². The van der Waals surface area contributed by atoms with E-state index in [0.29, 0.717) is 18.1 Å². The van der Waals surface area contributed by atoms with Gasteiger partial charge < -0.3 is 0 Å². The van der Waals surface area contributed by atoms with Crippen LogP contribution in [-0.2, 0) is 4.79 Å². The number of hydrogen-bond donors (Lipinski definition) is 0. The topological polar surface area (TPSA) is 17.1 Å². The highest BCUT2D eigenvalue weighted by molar-refractivity contribution is 7.07. The average Bonchev–Trinajstić information content (AvgIpc) is 2.72. The second kappa shape index (κ2) is 5.97. The molecule has 0 saturated heterocycles. The Bertz CT molecular complexity index is 264. The Kier molecular flexibility index (Phi) is 4.88. The standard InChI is InChI=1S/C12H18OS/c1-3-10(5-6-12(13)4-2)11-7-8-14-9-11/h7-10H,3-6H2,1-2H3. The molecule has 1 rings (SSSR count). The molecule has 0 saturated carbocycles. The molecule has 1 unspecified atom stereocenters. The van der Waals surface area contributed by atoms with Crippen LogP contribution in [0.3, 0.4) is 0 Å². The molecule has 0 aliphatic heterocycles. The number of Topliss-reactive ketones (excluding diaryl/α,β-unsaturated/α-hetero) is 1. The van der Waals surface area contributed by atoms with Crippen LogP contribution >= 0.6 is 11.3 Å². The smallest absolute Gasteiger partial charge is 0.132 e. The summed E-state index contributed by atoms with van der Waals surface area (Å²) in [4.78, 5) is 11.2. The molecular weight excluding hydrogens is 192 g/mol. The third-order valence-corrected chi connectivity index (χ3v) is 3.37. The van der Waals surface area contributed by atoms with Crippen LogP contribution in [0.4, 0.5) is 0 Å². The van der Waals surface area contributed by atoms with E-state index < -0.39 is 0 Å². The molecule has 1 aromatic rings. The predicted octanol–water partition coefficient (Wildman–Crippen LogP) is 4.00. The summed E-state index contributed by atoms with van der Waals surface area (Å²) in [5, 5.41) is 4.31. The summed E-state index contributed by atoms with van der Waals surface area (Å²) in [6.45, 7) is 4.13. The van der Waals surface area contributed by atoms with E-state index in [1.165, 1.54) is 5.56 Å². The summed E-state index contributed by atoms with van der Waals surface area (Å²) in [5.74, 6) is 0.968. The van der Waals surface area contributed by atoms with E-state index in [0.717, 1.165) is 19.3 Å². The Balaban J connectivity index is 2.44. The lowest BCUT2D eigenvalue weighted by molar-refractivity contribution is -0.118. The van der Waals surface area contributed by atoms with Crippen molar-refractivity contribution in [2.75, 3.05) is 0 Å². The van der Waals surface area contributed by atoms with Crippen molar-refractivity contribution >= 4 is 17.1 Å². The first-order valence-electron chi connectivity index (χ1n) is 5.31. The van der Waals surface area contributed by atoms with Crippen LogP contribution in [-0.4, -0.2) is 5.78 Å². The molecule has 2 heteroatoms. The van der Waals surface area contributed by atoms with E-state index >= 15 is 0 Å². The Morgan fingerprint density at radius 1 is 1.50 bits per heavy atom. The van der Waals surface area contributed by atoms with Crippen molar-refractivity contribution in [2.24, 2.45) is 0 Å². The molecule has 78 valence electrons. The largest absolute Gasteiger partial charge is 0.300 e. The van der Waals surface area contributed by atoms with Crippen molar-refractivity contribution in [1.82, 2.24) is 0 Å². The number of thiophene rings is 1. The first-order valence-corrected chi connectivity index (χ1v) is 6.26. The van der Waals surface area contributed by atoms with E-state index in [2.05, 4.69) is 23.8 Å². The molecule has 0 amide bonds. The molecule has 0 fully saturated rings. The molecule has 0 aliphatic rings. The molecule has 0 aliphatic carbocycles. The zero-order chi connectivity index (χ0) is 10.4. The first kappa shape index (κ1) is 11.4. The SMILES string of the molecule is CCC(=O)CCC(CC)c1ccsc1. The average molecular weight is 210 g/mol. The molecule has 1 atom stereocenters. The molecule has 0 spiro atoms. The molecule has 14 heavy (non-hydrogen) atoms. The van der Waals surface area contributed by atoms with E-state index in [1.807, 2.05) is 6.92 Å². The number of ketones is 1. The number of rotatable bonds is 6. The van der Waals surface area contributed by atoms with E-state index in [9.17, 15) is 4.79 Å². The molecule has 0 aromatic carbocycles. The molecule has 1 aromatic heterocycles. The van der Waals surface area contributed by atoms with Gasteiger partial charge >= 0.3 is 0 Å². The number of carbonyl (C=O) groups excluding carboxylic acids is 1. The van der Waals surface area contributed by atoms with Gasteiger partial charge in [-0.1, -0.05) is 13.8 Å². The quantitative estimate of drug-likeness (QED) is 0.693. The van der Waals surface area contributed by atoms with Crippen LogP contribution in [0.2, 0.25) is 0 Å². The summed E-state index contributed by atoms with van der Waals surface area (Å²) in [5.41, 5.74) is 1.40. The van der Waals surface area contributed by atoms with Gasteiger partial charge in [-0.3, -0.25) is 4.79 Å². The third-order valence-electron chi connectivity index (χ3n) is 2.67. The van der Waals surface area contributed by atoms with Gasteiger partial charge in [0.15, 0.2) is 0 Å². The van der Waals surface area contributed by atoms with Gasteiger partial charge in [0, 0.05) is 12.8 Å². The fourth-order valence-electron chi connectivity index (χ4n) is 1.63. The van der Waals surface area contributed by atoms with Gasteiger partial charge in [0.25, 0.3) is 0 Å². The monoisotopic (exact) mass is 210 g/mol. The van der Waals surface area contributed by atoms with E-state index in [4.69, 9.17) is 0 Å². The van der Waals surface area contributed by atoms with Crippen LogP contribution < -0.4 is 0 Å². The summed E-state index contributed by atoms with van der Waals surface area (Å²) >= 11 is 1.74. The van der Waals surface area contributed by atoms with Gasteiger partial charge in [-0.15, -0.1) is 0 Å². The van der Waals surface area contributed by atoms with E-state index in [1.54, 1.807) is 11.3 Å². The van der Waals surface area contributed by atoms with Gasteiger partial charge in [0.1, 0.15) is 5.78 Å². The van der Waals surface area contributed by atoms with Crippen molar-refractivity contribution in [2.45, 2.75) is 45.4 Å². The molecule has 0 radical (unpaired) electrons. The fraction of sp³-hybridized carbons (Fsp3) is 0.583. The summed E-state index contributed by atoms with van der Waals surface area (Å²) in [6, 6.07) is 2.18. The first-order chi connectivity index (χ1) is 6.77. The number of carbonyl (C=O) groups is 1. The van der Waals surface area contributed by atoms with Crippen LogP contribution in [0.15, 0.2) is 16.8 Å². The molecule has 0 N–H and O–H groups in total. The van der Waals surface area contributed by atoms with E-state index in [-0.39, 0.29) is 0 Å². The zero-order valence-electron chi connectivity index (χ0n) is 8.95. The van der Waals surface area contributed by atoms with Crippen molar-refractivity contribution < 1.29 is 4.79 Å². The minimum atomic E-state index is 0.388. The lowest BCUT2D eigenvalue weighted by Crippen LogP contribution is -2.01. The van der Waals surface area contributed by atoms with Crippen molar-refractivity contribution in [3.63, 3.8) is 0 Å². The molecule has 0 bridgehead atoms. The van der Waals surface area contributed by atoms with Gasteiger partial charge in [-0.05, 0) is 41.1 Å². The summed E-state index contributed by atoms with van der Waals surface area (Å²) < 4.78 is 0. The maximum absolute atomic E-state index is 11.2. The van der Waals surface area contributed by atoms with Gasteiger partial charge in [-0.25, -0.2) is 0 Å². The van der Waals surface area contributed by atoms with Crippen LogP contribution in [0.1, 0.15) is 51.0 Å². The minimum absolute atomic E-state index is 0.388.